The second kappa shape index (κ2) is 9.84. The number of carboxylic acids is 1. The highest BCUT2D eigenvalue weighted by atomic mass is 19.1. The summed E-state index contributed by atoms with van der Waals surface area (Å²) in [6.45, 7) is 1.45. The molecule has 0 bridgehead atoms. The zero-order valence-corrected chi connectivity index (χ0v) is 16.8. The number of carbonyl (C=O) groups excluding carboxylic acids is 1. The van der Waals surface area contributed by atoms with Gasteiger partial charge in [0, 0.05) is 6.54 Å². The molecule has 0 fully saturated rings. The molecule has 3 aromatic carbocycles. The molecule has 0 aliphatic heterocycles. The first-order chi connectivity index (χ1) is 14.9. The summed E-state index contributed by atoms with van der Waals surface area (Å²) in [6, 6.07) is 18.2. The molecule has 0 aromatic heterocycles. The molecule has 3 rings (SSSR count). The van der Waals surface area contributed by atoms with Crippen molar-refractivity contribution in [3.8, 4) is 5.75 Å². The maximum atomic E-state index is 14.1. The second-order valence-corrected chi connectivity index (χ2v) is 6.95. The van der Waals surface area contributed by atoms with E-state index in [0.717, 1.165) is 11.6 Å². The van der Waals surface area contributed by atoms with Crippen molar-refractivity contribution in [1.82, 2.24) is 4.90 Å². The van der Waals surface area contributed by atoms with Crippen molar-refractivity contribution in [2.75, 3.05) is 6.61 Å². The predicted molar refractivity (Wildman–Crippen MR) is 111 cm³/mol. The lowest BCUT2D eigenvalue weighted by Crippen LogP contribution is -2.36. The molecule has 0 aliphatic rings. The molecule has 0 radical (unpaired) electrons. The quantitative estimate of drug-likeness (QED) is 0.561. The van der Waals surface area contributed by atoms with E-state index in [1.54, 1.807) is 12.1 Å². The first-order valence-corrected chi connectivity index (χ1v) is 9.60. The van der Waals surface area contributed by atoms with Gasteiger partial charge in [0.2, 0.25) is 0 Å². The Hall–Kier alpha value is -3.74. The van der Waals surface area contributed by atoms with Crippen LogP contribution >= 0.6 is 0 Å². The van der Waals surface area contributed by atoms with Crippen LogP contribution in [0.5, 0.6) is 5.75 Å². The largest absolute Gasteiger partial charge is 0.480 e. The monoisotopic (exact) mass is 425 g/mol. The maximum Gasteiger partial charge on any atom is 0.339 e. The molecule has 1 atom stereocenters. The number of nitrogens with zero attached hydrogens (tertiary/aromatic N) is 1. The van der Waals surface area contributed by atoms with Crippen LogP contribution in [0, 0.1) is 11.6 Å². The fraction of sp³-hybridized carbons (Fsp3) is 0.167. The van der Waals surface area contributed by atoms with Crippen LogP contribution in [0.2, 0.25) is 0 Å². The number of ether oxygens (including phenoxy) is 1. The van der Waals surface area contributed by atoms with Crippen LogP contribution in [0.4, 0.5) is 8.78 Å². The molecule has 7 heteroatoms. The zero-order chi connectivity index (χ0) is 22.4. The average Bonchev–Trinajstić information content (AvgIpc) is 2.77. The second-order valence-electron chi connectivity index (χ2n) is 6.95. The zero-order valence-electron chi connectivity index (χ0n) is 16.8. The number of para-hydroxylation sites is 1. The number of benzene rings is 3. The minimum atomic E-state index is -1.36. The Balaban J connectivity index is 1.84. The van der Waals surface area contributed by atoms with E-state index >= 15 is 0 Å². The third-order valence-corrected chi connectivity index (χ3v) is 4.87. The molecule has 5 nitrogen and oxygen atoms in total. The van der Waals surface area contributed by atoms with Crippen LogP contribution in [-0.4, -0.2) is 28.5 Å². The van der Waals surface area contributed by atoms with E-state index in [-0.39, 0.29) is 24.0 Å². The van der Waals surface area contributed by atoms with Crippen molar-refractivity contribution < 1.29 is 28.2 Å². The Labute approximate surface area is 178 Å². The first kappa shape index (κ1) is 22.0. The summed E-state index contributed by atoms with van der Waals surface area (Å²) in [5.74, 6) is -3.57. The van der Waals surface area contributed by atoms with Gasteiger partial charge in [-0.2, -0.15) is 0 Å². The van der Waals surface area contributed by atoms with Crippen molar-refractivity contribution in [2.45, 2.75) is 19.5 Å². The molecule has 0 spiro atoms. The number of halogens is 2. The first-order valence-electron chi connectivity index (χ1n) is 9.60. The molecule has 160 valence electrons. The summed E-state index contributed by atoms with van der Waals surface area (Å²) in [4.78, 5) is 25.9. The van der Waals surface area contributed by atoms with E-state index in [9.17, 15) is 23.5 Å². The fourth-order valence-electron chi connectivity index (χ4n) is 3.18. The number of hydrogen-bond donors (Lipinski definition) is 1. The summed E-state index contributed by atoms with van der Waals surface area (Å²) in [7, 11) is 0. The van der Waals surface area contributed by atoms with Crippen molar-refractivity contribution in [3.05, 3.63) is 101 Å². The van der Waals surface area contributed by atoms with E-state index in [1.807, 2.05) is 37.3 Å². The summed E-state index contributed by atoms with van der Waals surface area (Å²) in [5, 5.41) is 9.25. The highest BCUT2D eigenvalue weighted by Crippen LogP contribution is 2.25. The molecule has 0 heterocycles. The van der Waals surface area contributed by atoms with E-state index < -0.39 is 30.1 Å². The molecule has 1 N–H and O–H groups in total. The van der Waals surface area contributed by atoms with Crippen LogP contribution in [-0.2, 0) is 11.3 Å². The molecule has 31 heavy (non-hydrogen) atoms. The Kier molecular flexibility index (Phi) is 6.97. The van der Waals surface area contributed by atoms with Gasteiger partial charge in [-0.1, -0.05) is 48.5 Å². The van der Waals surface area contributed by atoms with Crippen molar-refractivity contribution >= 4 is 11.9 Å². The van der Waals surface area contributed by atoms with Crippen molar-refractivity contribution in [2.24, 2.45) is 0 Å². The third-order valence-electron chi connectivity index (χ3n) is 4.87. The van der Waals surface area contributed by atoms with Crippen LogP contribution in [0.3, 0.4) is 0 Å². The van der Waals surface area contributed by atoms with Gasteiger partial charge in [0.25, 0.3) is 5.91 Å². The Morgan fingerprint density at radius 3 is 2.29 bits per heavy atom. The number of amides is 1. The summed E-state index contributed by atoms with van der Waals surface area (Å²) in [6.07, 6.45) is 0. The van der Waals surface area contributed by atoms with Gasteiger partial charge in [-0.25, -0.2) is 13.6 Å². The van der Waals surface area contributed by atoms with Gasteiger partial charge in [-0.15, -0.1) is 0 Å². The lowest BCUT2D eigenvalue weighted by atomic mass is 10.1. The molecule has 0 saturated carbocycles. The Morgan fingerprint density at radius 2 is 1.65 bits per heavy atom. The number of carbonyl (C=O) groups is 2. The molecule has 0 saturated heterocycles. The van der Waals surface area contributed by atoms with Gasteiger partial charge in [0.15, 0.2) is 18.2 Å². The minimum absolute atomic E-state index is 0.168. The van der Waals surface area contributed by atoms with Crippen LogP contribution < -0.4 is 4.74 Å². The van der Waals surface area contributed by atoms with E-state index in [0.29, 0.717) is 5.56 Å². The van der Waals surface area contributed by atoms with Gasteiger partial charge in [0.05, 0.1) is 6.04 Å². The fourth-order valence-corrected chi connectivity index (χ4v) is 3.18. The van der Waals surface area contributed by atoms with Crippen molar-refractivity contribution in [3.63, 3.8) is 0 Å². The summed E-state index contributed by atoms with van der Waals surface area (Å²) < 4.78 is 32.7. The number of hydrogen-bond acceptors (Lipinski definition) is 3. The maximum absolute atomic E-state index is 14.1. The summed E-state index contributed by atoms with van der Waals surface area (Å²) >= 11 is 0. The van der Waals surface area contributed by atoms with Crippen LogP contribution in [0.25, 0.3) is 0 Å². The van der Waals surface area contributed by atoms with Gasteiger partial charge < -0.3 is 14.7 Å². The molecule has 0 aliphatic carbocycles. The third kappa shape index (κ3) is 5.45. The van der Waals surface area contributed by atoms with Crippen LogP contribution in [0.15, 0.2) is 72.8 Å². The van der Waals surface area contributed by atoms with Gasteiger partial charge >= 0.3 is 5.97 Å². The number of rotatable bonds is 8. The minimum Gasteiger partial charge on any atom is -0.480 e. The summed E-state index contributed by atoms with van der Waals surface area (Å²) in [5.41, 5.74) is 1.21. The molecule has 0 unspecified atom stereocenters. The predicted octanol–water partition coefficient (Wildman–Crippen LogP) is 4.83. The van der Waals surface area contributed by atoms with Gasteiger partial charge in [-0.05, 0) is 42.3 Å². The number of carboxylic acid groups (broad SMARTS) is 1. The average molecular weight is 425 g/mol. The highest BCUT2D eigenvalue weighted by molar-refractivity contribution is 5.91. The lowest BCUT2D eigenvalue weighted by molar-refractivity contribution is -0.136. The van der Waals surface area contributed by atoms with Crippen LogP contribution in [0.1, 0.15) is 34.5 Å². The topological polar surface area (TPSA) is 66.8 Å². The van der Waals surface area contributed by atoms with E-state index in [4.69, 9.17) is 4.74 Å². The van der Waals surface area contributed by atoms with Gasteiger partial charge in [0.1, 0.15) is 11.4 Å². The number of aromatic carboxylic acids is 1. The Bertz CT molecular complexity index is 1050. The normalized spacial score (nSPS) is 11.6. The van der Waals surface area contributed by atoms with Crippen molar-refractivity contribution in [1.29, 1.82) is 0 Å². The van der Waals surface area contributed by atoms with E-state index in [2.05, 4.69) is 0 Å². The molecular formula is C24H21F2NO4. The smallest absolute Gasteiger partial charge is 0.339 e. The van der Waals surface area contributed by atoms with Gasteiger partial charge in [-0.3, -0.25) is 4.79 Å². The highest BCUT2D eigenvalue weighted by Gasteiger charge is 2.24. The molecule has 3 aromatic rings. The SMILES string of the molecule is C[C@@H](c1ccccc1)N(Cc1ccc(F)cc1)C(=O)COc1c(F)cccc1C(=O)O. The Morgan fingerprint density at radius 1 is 0.968 bits per heavy atom. The lowest BCUT2D eigenvalue weighted by Gasteiger charge is -2.30. The standard InChI is InChI=1S/C24H21F2NO4/c1-16(18-6-3-2-4-7-18)27(14-17-10-12-19(25)13-11-17)22(28)15-31-23-20(24(29)30)8-5-9-21(23)26/h2-13,16H,14-15H2,1H3,(H,29,30)/t16-/m0/s1. The molecule has 1 amide bonds. The molecular weight excluding hydrogens is 404 g/mol. The van der Waals surface area contributed by atoms with E-state index in [1.165, 1.54) is 29.2 Å².